The Morgan fingerprint density at radius 3 is 2.57 bits per heavy atom. The Balaban J connectivity index is 1.75. The third-order valence-corrected chi connectivity index (χ3v) is 5.92. The van der Waals surface area contributed by atoms with Crippen molar-refractivity contribution in [3.05, 3.63) is 30.0 Å². The van der Waals surface area contributed by atoms with Crippen LogP contribution in [0.15, 0.2) is 24.3 Å². The van der Waals surface area contributed by atoms with E-state index in [1.807, 2.05) is 18.2 Å². The Hall–Kier alpha value is -2.02. The first-order chi connectivity index (χ1) is 10.9. The lowest BCUT2D eigenvalue weighted by molar-refractivity contribution is 0.216. The van der Waals surface area contributed by atoms with Gasteiger partial charge in [-0.15, -0.1) is 0 Å². The monoisotopic (exact) mass is 335 g/mol. The Morgan fingerprint density at radius 2 is 1.91 bits per heavy atom. The van der Waals surface area contributed by atoms with Crippen molar-refractivity contribution in [2.45, 2.75) is 20.4 Å². The average Bonchev–Trinajstić information content (AvgIpc) is 2.81. The number of fused-ring (bicyclic) bond motifs is 1. The lowest BCUT2D eigenvalue weighted by atomic mass is 10.2. The molecule has 1 fully saturated rings. The fourth-order valence-electron chi connectivity index (χ4n) is 3.02. The van der Waals surface area contributed by atoms with Gasteiger partial charge in [-0.2, -0.15) is 0 Å². The second-order valence-corrected chi connectivity index (χ2v) is 8.18. The number of anilines is 1. The third-order valence-electron chi connectivity index (χ3n) is 4.31. The highest BCUT2D eigenvalue weighted by Gasteiger charge is 2.25. The summed E-state index contributed by atoms with van der Waals surface area (Å²) in [5.74, 6) is 0.0794. The van der Waals surface area contributed by atoms with Crippen LogP contribution in [0.1, 0.15) is 12.6 Å². The van der Waals surface area contributed by atoms with Crippen LogP contribution in [-0.4, -0.2) is 48.5 Å². The molecular formula is C16H21N3O3S. The molecule has 2 heterocycles. The summed E-state index contributed by atoms with van der Waals surface area (Å²) in [4.78, 5) is 13.8. The molecule has 3 rings (SSSR count). The van der Waals surface area contributed by atoms with Crippen molar-refractivity contribution in [1.29, 1.82) is 0 Å². The van der Waals surface area contributed by atoms with Crippen LogP contribution in [0.3, 0.4) is 0 Å². The number of urea groups is 1. The lowest BCUT2D eigenvalue weighted by Crippen LogP contribution is -2.45. The fraction of sp³-hybridized carbons (Fsp3) is 0.438. The maximum atomic E-state index is 12.3. The van der Waals surface area contributed by atoms with Crippen LogP contribution >= 0.6 is 0 Å². The second kappa shape index (κ2) is 5.88. The summed E-state index contributed by atoms with van der Waals surface area (Å²) < 4.78 is 25.1. The van der Waals surface area contributed by atoms with Gasteiger partial charge in [0.1, 0.15) is 0 Å². The molecule has 1 aliphatic heterocycles. The summed E-state index contributed by atoms with van der Waals surface area (Å²) in [6, 6.07) is 7.69. The quantitative estimate of drug-likeness (QED) is 0.915. The molecule has 0 saturated carbocycles. The van der Waals surface area contributed by atoms with Gasteiger partial charge in [-0.3, -0.25) is 0 Å². The molecule has 124 valence electrons. The molecule has 1 N–H and O–H groups in total. The van der Waals surface area contributed by atoms with Crippen LogP contribution in [0.5, 0.6) is 0 Å². The normalized spacial score (nSPS) is 17.4. The van der Waals surface area contributed by atoms with Crippen LogP contribution in [0, 0.1) is 6.92 Å². The van der Waals surface area contributed by atoms with Gasteiger partial charge in [0, 0.05) is 41.9 Å². The highest BCUT2D eigenvalue weighted by Crippen LogP contribution is 2.23. The number of sulfone groups is 1. The number of rotatable bonds is 2. The zero-order chi connectivity index (χ0) is 16.6. The Morgan fingerprint density at radius 1 is 1.22 bits per heavy atom. The highest BCUT2D eigenvalue weighted by molar-refractivity contribution is 7.91. The molecule has 0 spiro atoms. The van der Waals surface area contributed by atoms with Crippen molar-refractivity contribution >= 4 is 32.5 Å². The molecule has 2 aromatic rings. The van der Waals surface area contributed by atoms with Crippen molar-refractivity contribution in [2.75, 3.05) is 29.9 Å². The minimum absolute atomic E-state index is 0.0397. The summed E-state index contributed by atoms with van der Waals surface area (Å²) in [5.41, 5.74) is 3.06. The van der Waals surface area contributed by atoms with Crippen molar-refractivity contribution in [3.63, 3.8) is 0 Å². The minimum atomic E-state index is -2.98. The first kappa shape index (κ1) is 15.9. The molecule has 2 amide bonds. The number of aromatic nitrogens is 1. The number of amides is 2. The number of benzene rings is 1. The maximum absolute atomic E-state index is 12.3. The number of hydrogen-bond donors (Lipinski definition) is 1. The molecular weight excluding hydrogens is 314 g/mol. The number of nitrogens with zero attached hydrogens (tertiary/aromatic N) is 2. The molecule has 0 radical (unpaired) electrons. The van der Waals surface area contributed by atoms with Gasteiger partial charge in [-0.1, -0.05) is 0 Å². The van der Waals surface area contributed by atoms with Gasteiger partial charge in [0.25, 0.3) is 0 Å². The standard InChI is InChI=1S/C16H21N3O3S/c1-3-19-12(2)10-13-11-14(4-5-15(13)19)17-16(20)18-6-8-23(21,22)9-7-18/h4-5,10-11H,3,6-9H2,1-2H3,(H,17,20). The molecule has 1 saturated heterocycles. The predicted octanol–water partition coefficient (Wildman–Crippen LogP) is 2.23. The van der Waals surface area contributed by atoms with Crippen LogP contribution in [-0.2, 0) is 16.4 Å². The largest absolute Gasteiger partial charge is 0.345 e. The SMILES string of the molecule is CCn1c(C)cc2cc(NC(=O)N3CCS(=O)(=O)CC3)ccc21. The first-order valence-electron chi connectivity index (χ1n) is 7.76. The molecule has 7 heteroatoms. The van der Waals surface area contributed by atoms with Gasteiger partial charge in [0.15, 0.2) is 9.84 Å². The van der Waals surface area contributed by atoms with Crippen molar-refractivity contribution < 1.29 is 13.2 Å². The molecule has 0 atom stereocenters. The van der Waals surface area contributed by atoms with Crippen LogP contribution < -0.4 is 5.32 Å². The van der Waals surface area contributed by atoms with Gasteiger partial charge >= 0.3 is 6.03 Å². The number of nitrogens with one attached hydrogen (secondary N) is 1. The number of hydrogen-bond acceptors (Lipinski definition) is 3. The molecule has 1 aromatic heterocycles. The van der Waals surface area contributed by atoms with Gasteiger partial charge in [-0.25, -0.2) is 13.2 Å². The van der Waals surface area contributed by atoms with E-state index in [1.165, 1.54) is 5.69 Å². The maximum Gasteiger partial charge on any atom is 0.321 e. The summed E-state index contributed by atoms with van der Waals surface area (Å²) in [6.07, 6.45) is 0. The van der Waals surface area contributed by atoms with E-state index in [-0.39, 0.29) is 30.6 Å². The van der Waals surface area contributed by atoms with Crippen LogP contribution in [0.25, 0.3) is 10.9 Å². The average molecular weight is 335 g/mol. The zero-order valence-corrected chi connectivity index (χ0v) is 14.2. The van der Waals surface area contributed by atoms with E-state index in [4.69, 9.17) is 0 Å². The molecule has 0 unspecified atom stereocenters. The Kier molecular flexibility index (Phi) is 4.06. The van der Waals surface area contributed by atoms with Gasteiger partial charge < -0.3 is 14.8 Å². The molecule has 0 bridgehead atoms. The van der Waals surface area contributed by atoms with Gasteiger partial charge in [-0.05, 0) is 38.1 Å². The topological polar surface area (TPSA) is 71.4 Å². The smallest absolute Gasteiger partial charge is 0.321 e. The summed E-state index contributed by atoms with van der Waals surface area (Å²) in [6.45, 7) is 5.58. The third kappa shape index (κ3) is 3.19. The number of carbonyl (C=O) groups is 1. The van der Waals surface area contributed by atoms with Crippen molar-refractivity contribution in [3.8, 4) is 0 Å². The zero-order valence-electron chi connectivity index (χ0n) is 13.4. The molecule has 1 aromatic carbocycles. The second-order valence-electron chi connectivity index (χ2n) is 5.87. The highest BCUT2D eigenvalue weighted by atomic mass is 32.2. The Labute approximate surface area is 136 Å². The fourth-order valence-corrected chi connectivity index (χ4v) is 4.23. The molecule has 23 heavy (non-hydrogen) atoms. The lowest BCUT2D eigenvalue weighted by Gasteiger charge is -2.26. The number of aryl methyl sites for hydroxylation is 2. The Bertz CT molecular complexity index is 841. The minimum Gasteiger partial charge on any atom is -0.345 e. The summed E-state index contributed by atoms with van der Waals surface area (Å²) in [5, 5.41) is 3.95. The molecule has 6 nitrogen and oxygen atoms in total. The van der Waals surface area contributed by atoms with E-state index in [1.54, 1.807) is 4.90 Å². The van der Waals surface area contributed by atoms with E-state index in [9.17, 15) is 13.2 Å². The van der Waals surface area contributed by atoms with Crippen molar-refractivity contribution in [1.82, 2.24) is 9.47 Å². The van der Waals surface area contributed by atoms with E-state index < -0.39 is 9.84 Å². The van der Waals surface area contributed by atoms with Crippen molar-refractivity contribution in [2.24, 2.45) is 0 Å². The summed E-state index contributed by atoms with van der Waals surface area (Å²) in [7, 11) is -2.98. The van der Waals surface area contributed by atoms with Gasteiger partial charge in [0.2, 0.25) is 0 Å². The summed E-state index contributed by atoms with van der Waals surface area (Å²) >= 11 is 0. The first-order valence-corrected chi connectivity index (χ1v) is 9.58. The molecule has 0 aliphatic carbocycles. The van der Waals surface area contributed by atoms with Crippen LogP contribution in [0.4, 0.5) is 10.5 Å². The van der Waals surface area contributed by atoms with E-state index >= 15 is 0 Å². The van der Waals surface area contributed by atoms with Crippen LogP contribution in [0.2, 0.25) is 0 Å². The van der Waals surface area contributed by atoms with Gasteiger partial charge in [0.05, 0.1) is 11.5 Å². The van der Waals surface area contributed by atoms with E-state index in [0.717, 1.165) is 23.1 Å². The van der Waals surface area contributed by atoms with E-state index in [0.29, 0.717) is 0 Å². The van der Waals surface area contributed by atoms with E-state index in [2.05, 4.69) is 29.8 Å². The predicted molar refractivity (Wildman–Crippen MR) is 91.6 cm³/mol. The molecule has 1 aliphatic rings. The number of carbonyl (C=O) groups excluding carboxylic acids is 1.